The topological polar surface area (TPSA) is 219 Å². The Morgan fingerprint density at radius 1 is 0.243 bits per heavy atom. The fraction of sp³-hybridized carbons (Fsp3) is 0.833. The molecule has 0 radical (unpaired) electrons. The minimum Gasteiger partial charge on any atom is -0.442 e. The molecule has 0 rings (SSSR count). The van der Waals surface area contributed by atoms with Gasteiger partial charge in [0.1, 0.15) is 176 Å². The van der Waals surface area contributed by atoms with Crippen LogP contribution < -0.4 is 0 Å². The lowest BCUT2D eigenvalue weighted by molar-refractivity contribution is -0.148. The van der Waals surface area contributed by atoms with E-state index >= 15 is 9.59 Å². The van der Waals surface area contributed by atoms with E-state index in [4.69, 9.17) is 83.5 Å². The third-order valence-electron chi connectivity index (χ3n) is 9.47. The highest BCUT2D eigenvalue weighted by atomic mass is 28.6. The molecule has 0 N–H and O–H groups in total. The van der Waals surface area contributed by atoms with Crippen LogP contribution in [0.5, 0.6) is 0 Å². The largest absolute Gasteiger partial charge is 0.524 e. The van der Waals surface area contributed by atoms with Crippen molar-refractivity contribution in [3.63, 3.8) is 0 Å². The maximum absolute atomic E-state index is 15.4. The molecular formula is C24H92O22Si24. The van der Waals surface area contributed by atoms with Crippen molar-refractivity contribution >= 4 is 241 Å². The molecule has 0 fully saturated rings. The zero-order valence-corrected chi connectivity index (χ0v) is 77.3. The molecule has 0 saturated carbocycles. The number of hydrogen-bond donors (Lipinski definition) is 0. The van der Waals surface area contributed by atoms with Crippen LogP contribution in [0.1, 0.15) is 0 Å². The van der Waals surface area contributed by atoms with Crippen molar-refractivity contribution in [2.24, 2.45) is 0 Å². The van der Waals surface area contributed by atoms with Gasteiger partial charge in [0, 0.05) is 12.2 Å². The highest BCUT2D eigenvalue weighted by Gasteiger charge is 2.93. The summed E-state index contributed by atoms with van der Waals surface area (Å²) in [4.78, 5) is 30.9. The number of ether oxygens (including phenoxy) is 2. The van der Waals surface area contributed by atoms with Crippen molar-refractivity contribution in [2.45, 2.75) is 127 Å². The summed E-state index contributed by atoms with van der Waals surface area (Å²) in [5.74, 6) is -1.96. The van der Waals surface area contributed by atoms with Crippen LogP contribution in [-0.4, -0.2) is 249 Å². The van der Waals surface area contributed by atoms with E-state index in [1.165, 1.54) is 0 Å². The standard InChI is InChI=1S/C24H92O22Si24/c1-47-29-65(30-48-2,31-49-3)23(66(32-50-4,33-51-5)34-52-6,67(35-53-7,36-54-8)37-55-9)27-21(25)19-20-22(26)28-24(68(38-56-10,39-57-11)40-58-12,69(41-59-13,42-60-14)43-61-15)70(44-62-16,45-63-17)46-64-18/h19-20H,47-64H2,1-18H3/b20-19+. The number of carbonyl (C=O) groups is 2. The molecule has 0 aliphatic rings. The second-order valence-electron chi connectivity index (χ2n) is 13.7. The predicted octanol–water partition coefficient (Wildman–Crippen LogP) is -10.4. The van der Waals surface area contributed by atoms with Crippen molar-refractivity contribution in [1.29, 1.82) is 0 Å². The van der Waals surface area contributed by atoms with Crippen molar-refractivity contribution in [2.75, 3.05) is 0 Å². The molecular weight excluding hydrogens is 1310 g/mol. The van der Waals surface area contributed by atoms with E-state index in [0.717, 1.165) is 12.2 Å². The fourth-order valence-electron chi connectivity index (χ4n) is 8.01. The van der Waals surface area contributed by atoms with Gasteiger partial charge in [0.05, 0.1) is 0 Å². The molecule has 0 saturated heterocycles. The molecule has 70 heavy (non-hydrogen) atoms. The molecule has 0 aromatic carbocycles. The zero-order valence-electron chi connectivity index (χ0n) is 45.9. The summed E-state index contributed by atoms with van der Waals surface area (Å²) >= 11 is 0. The Bertz CT molecular complexity index is 1130. The first-order chi connectivity index (χ1) is 33.6. The first kappa shape index (κ1) is 73.2. The minimum atomic E-state index is -4.38. The van der Waals surface area contributed by atoms with E-state index in [2.05, 4.69) is 0 Å². The summed E-state index contributed by atoms with van der Waals surface area (Å²) in [5, 5.41) is 0. The molecule has 0 aliphatic heterocycles. The molecule has 46 heteroatoms. The van der Waals surface area contributed by atoms with Crippen LogP contribution >= 0.6 is 0 Å². The molecule has 0 heterocycles. The van der Waals surface area contributed by atoms with Gasteiger partial charge in [-0.3, -0.25) is 0 Å². The molecule has 0 bridgehead atoms. The van der Waals surface area contributed by atoms with E-state index in [9.17, 15) is 0 Å². The minimum absolute atomic E-state index is 0.981. The van der Waals surface area contributed by atoms with Gasteiger partial charge in [-0.05, 0) is 0 Å². The molecule has 0 atom stereocenters. The Kier molecular flexibility index (Phi) is 40.5. The van der Waals surface area contributed by atoms with Gasteiger partial charge < -0.3 is 83.5 Å². The van der Waals surface area contributed by atoms with Gasteiger partial charge >= 0.3 is 73.7 Å². The van der Waals surface area contributed by atoms with Gasteiger partial charge in [-0.2, -0.15) is 0 Å². The molecule has 416 valence electrons. The van der Waals surface area contributed by atoms with Crippen molar-refractivity contribution in [3.05, 3.63) is 12.2 Å². The number of esters is 2. The third kappa shape index (κ3) is 16.9. The molecule has 0 aromatic rings. The molecule has 0 aliphatic carbocycles. The van der Waals surface area contributed by atoms with Gasteiger partial charge in [0.15, 0.2) is 0 Å². The van der Waals surface area contributed by atoms with Crippen LogP contribution in [-0.2, 0) is 93.1 Å². The van der Waals surface area contributed by atoms with Crippen LogP contribution in [0.2, 0.25) is 118 Å². The van der Waals surface area contributed by atoms with Gasteiger partial charge in [0.25, 0.3) is 0 Å². The summed E-state index contributed by atoms with van der Waals surface area (Å²) in [5.41, 5.74) is 0. The lowest BCUT2D eigenvalue weighted by Gasteiger charge is -2.56. The lowest BCUT2D eigenvalue weighted by atomic mass is 10.5. The molecule has 22 nitrogen and oxygen atoms in total. The first-order valence-electron chi connectivity index (χ1n) is 25.2. The highest BCUT2D eigenvalue weighted by Crippen LogP contribution is 2.48. The second kappa shape index (κ2) is 38.7. The van der Waals surface area contributed by atoms with Crippen LogP contribution in [0.4, 0.5) is 0 Å². The summed E-state index contributed by atoms with van der Waals surface area (Å²) < 4.78 is 136. The summed E-state index contributed by atoms with van der Waals surface area (Å²) in [6, 6.07) is 0. The summed E-state index contributed by atoms with van der Waals surface area (Å²) in [6.45, 7) is 35.5. The van der Waals surface area contributed by atoms with Crippen LogP contribution in [0.3, 0.4) is 0 Å². The molecule has 0 amide bonds. The highest BCUT2D eigenvalue weighted by molar-refractivity contribution is 7.10. The maximum atomic E-state index is 15.4. The van der Waals surface area contributed by atoms with Crippen molar-refractivity contribution < 1.29 is 93.1 Å². The molecule has 0 unspecified atom stereocenters. The van der Waals surface area contributed by atoms with Crippen molar-refractivity contribution in [1.82, 2.24) is 0 Å². The van der Waals surface area contributed by atoms with E-state index < -0.39 is 249 Å². The van der Waals surface area contributed by atoms with Crippen LogP contribution in [0.25, 0.3) is 0 Å². The molecule has 0 aromatic heterocycles. The molecule has 0 spiro atoms. The second-order valence-corrected chi connectivity index (χ2v) is 58.7. The lowest BCUT2D eigenvalue weighted by Crippen LogP contribution is -2.93. The quantitative estimate of drug-likeness (QED) is 0.0314. The SMILES string of the molecule is C[SiH2]O[Si](O[SiH2]C)(O[SiH2]C)C(OC(=O)/C=C/C(=O)OC([Si](O[SiH2]C)(O[SiH2]C)O[SiH2]C)([Si](O[SiH2]C)(O[SiH2]C)O[SiH2]C)[Si](O[SiH2]C)(O[SiH2]C)O[SiH2]C)([Si](O[SiH2]C)(O[SiH2]C)O[SiH2]C)[Si](O[SiH2]C)(O[SiH2]C)O[SiH2]C. The van der Waals surface area contributed by atoms with E-state index in [1.807, 2.05) is 118 Å². The summed E-state index contributed by atoms with van der Waals surface area (Å²) in [7, 11) is -51.3. The predicted molar refractivity (Wildman–Crippen MR) is 340 cm³/mol. The summed E-state index contributed by atoms with van der Waals surface area (Å²) in [6.07, 6.45) is 2.05. The van der Waals surface area contributed by atoms with E-state index in [0.29, 0.717) is 0 Å². The monoisotopic (exact) mass is 1400 g/mol. The smallest absolute Gasteiger partial charge is 0.442 e. The van der Waals surface area contributed by atoms with E-state index in [-0.39, 0.29) is 0 Å². The van der Waals surface area contributed by atoms with Gasteiger partial charge in [-0.15, -0.1) is 0 Å². The maximum Gasteiger partial charge on any atom is 0.524 e. The Morgan fingerprint density at radius 3 is 0.429 bits per heavy atom. The third-order valence-corrected chi connectivity index (χ3v) is 74.4. The van der Waals surface area contributed by atoms with E-state index in [1.54, 1.807) is 0 Å². The van der Waals surface area contributed by atoms with Gasteiger partial charge in [-0.25, -0.2) is 9.59 Å². The fourth-order valence-corrected chi connectivity index (χ4v) is 103. The first-order valence-corrected chi connectivity index (χ1v) is 71.4. The Hall–Kier alpha value is 3.17. The zero-order chi connectivity index (χ0) is 53.4. The van der Waals surface area contributed by atoms with Crippen molar-refractivity contribution in [3.8, 4) is 0 Å². The normalized spacial score (nSPS) is 22.3. The average molecular weight is 1410 g/mol. The van der Waals surface area contributed by atoms with Gasteiger partial charge in [0.2, 0.25) is 0 Å². The Labute approximate surface area is 468 Å². The number of hydrogen-bond acceptors (Lipinski definition) is 22. The van der Waals surface area contributed by atoms with Crippen LogP contribution in [0, 0.1) is 0 Å². The van der Waals surface area contributed by atoms with Gasteiger partial charge in [-0.1, -0.05) is 118 Å². The Balaban J connectivity index is 9.51. The number of rotatable bonds is 46. The van der Waals surface area contributed by atoms with Crippen LogP contribution in [0.15, 0.2) is 12.2 Å². The average Bonchev–Trinajstić information content (AvgIpc) is 3.30. The number of carbonyl (C=O) groups excluding carboxylic acids is 2. The Morgan fingerprint density at radius 2 is 0.343 bits per heavy atom.